The van der Waals surface area contributed by atoms with Crippen LogP contribution in [0.15, 0.2) is 6.20 Å². The van der Waals surface area contributed by atoms with Crippen LogP contribution in [-0.4, -0.2) is 17.6 Å². The van der Waals surface area contributed by atoms with Gasteiger partial charge in [0, 0.05) is 9.77 Å². The zero-order valence-electron chi connectivity index (χ0n) is 8.14. The predicted octanol–water partition coefficient (Wildman–Crippen LogP) is 3.45. The summed E-state index contributed by atoms with van der Waals surface area (Å²) in [5, 5.41) is -0.347. The molecule has 88 valence electrons. The number of aromatic nitrogens is 1. The van der Waals surface area contributed by atoms with Crippen LogP contribution in [-0.2, 0) is 4.74 Å². The Morgan fingerprint density at radius 3 is 2.81 bits per heavy atom. The molecule has 3 nitrogen and oxygen atoms in total. The van der Waals surface area contributed by atoms with Gasteiger partial charge in [-0.3, -0.25) is 0 Å². The van der Waals surface area contributed by atoms with Crippen LogP contribution in [0.2, 0.25) is 5.02 Å². The van der Waals surface area contributed by atoms with E-state index < -0.39 is 12.4 Å². The van der Waals surface area contributed by atoms with Gasteiger partial charge in [-0.2, -0.15) is 0 Å². The highest BCUT2D eigenvalue weighted by atomic mass is 127. The molecule has 0 amide bonds. The summed E-state index contributed by atoms with van der Waals surface area (Å²) in [5.74, 6) is -0.800. The maximum Gasteiger partial charge on any atom is 0.358 e. The number of ether oxygens (including phenoxy) is 1. The number of carbonyl (C=O) groups is 1. The molecule has 1 aromatic heterocycles. The van der Waals surface area contributed by atoms with Gasteiger partial charge in [-0.05, 0) is 29.5 Å². The van der Waals surface area contributed by atoms with E-state index >= 15 is 0 Å². The maximum atomic E-state index is 12.6. The van der Waals surface area contributed by atoms with Crippen LogP contribution in [0.25, 0.3) is 0 Å². The summed E-state index contributed by atoms with van der Waals surface area (Å²) >= 11 is 7.38. The fraction of sp³-hybridized carbons (Fsp3) is 0.333. The summed E-state index contributed by atoms with van der Waals surface area (Å²) in [6.07, 6.45) is -1.59. The summed E-state index contributed by atoms with van der Waals surface area (Å²) in [4.78, 5) is 15.0. The zero-order valence-corrected chi connectivity index (χ0v) is 11.1. The first-order chi connectivity index (χ1) is 7.49. The smallest absolute Gasteiger partial charge is 0.358 e. The highest BCUT2D eigenvalue weighted by Crippen LogP contribution is 2.32. The first-order valence-corrected chi connectivity index (χ1v) is 5.73. The van der Waals surface area contributed by atoms with Crippen molar-refractivity contribution in [1.29, 1.82) is 0 Å². The van der Waals surface area contributed by atoms with Crippen LogP contribution in [0.1, 0.15) is 29.4 Å². The third-order valence-corrected chi connectivity index (χ3v) is 2.94. The van der Waals surface area contributed by atoms with Gasteiger partial charge in [0.1, 0.15) is 0 Å². The molecule has 0 fully saturated rings. The lowest BCUT2D eigenvalue weighted by Gasteiger charge is -2.09. The molecule has 0 radical (unpaired) electrons. The largest absolute Gasteiger partial charge is 0.461 e. The van der Waals surface area contributed by atoms with Gasteiger partial charge >= 0.3 is 5.97 Å². The van der Waals surface area contributed by atoms with E-state index in [1.807, 2.05) is 0 Å². The molecule has 16 heavy (non-hydrogen) atoms. The van der Waals surface area contributed by atoms with Crippen molar-refractivity contribution in [3.63, 3.8) is 0 Å². The Morgan fingerprint density at radius 2 is 2.31 bits per heavy atom. The van der Waals surface area contributed by atoms with Crippen molar-refractivity contribution < 1.29 is 18.3 Å². The second-order valence-corrected chi connectivity index (χ2v) is 4.24. The molecule has 0 aliphatic rings. The second kappa shape index (κ2) is 5.72. The second-order valence-electron chi connectivity index (χ2n) is 2.70. The van der Waals surface area contributed by atoms with Crippen molar-refractivity contribution in [2.75, 3.05) is 6.61 Å². The number of alkyl halides is 2. The lowest BCUT2D eigenvalue weighted by atomic mass is 10.2. The Labute approximate surface area is 109 Å². The topological polar surface area (TPSA) is 39.2 Å². The molecular formula is C9H7ClF2INO2. The van der Waals surface area contributed by atoms with Crippen LogP contribution in [0, 0.1) is 3.57 Å². The highest BCUT2D eigenvalue weighted by molar-refractivity contribution is 14.1. The van der Waals surface area contributed by atoms with E-state index in [0.717, 1.165) is 0 Å². The zero-order chi connectivity index (χ0) is 12.3. The number of carbonyl (C=O) groups excluding carboxylic acids is 1. The predicted molar refractivity (Wildman–Crippen MR) is 62.9 cm³/mol. The standard InChI is InChI=1S/C9H7ClF2INO2/c1-2-16-9(15)7-6(10)5(8(11)12)4(13)3-14-7/h3,8H,2H2,1H3. The molecule has 0 aliphatic heterocycles. The summed E-state index contributed by atoms with van der Waals surface area (Å²) in [7, 11) is 0. The lowest BCUT2D eigenvalue weighted by molar-refractivity contribution is 0.0519. The molecule has 1 rings (SSSR count). The third kappa shape index (κ3) is 2.79. The number of hydrogen-bond donors (Lipinski definition) is 0. The maximum absolute atomic E-state index is 12.6. The molecule has 1 aromatic rings. The molecule has 0 N–H and O–H groups in total. The Bertz CT molecular complexity index is 415. The first kappa shape index (κ1) is 13.6. The van der Waals surface area contributed by atoms with Gasteiger partial charge in [-0.1, -0.05) is 11.6 Å². The van der Waals surface area contributed by atoms with Crippen LogP contribution >= 0.6 is 34.2 Å². The number of hydrogen-bond acceptors (Lipinski definition) is 3. The fourth-order valence-corrected chi connectivity index (χ4v) is 2.14. The molecule has 7 heteroatoms. The number of rotatable bonds is 3. The van der Waals surface area contributed by atoms with Crippen molar-refractivity contribution in [3.8, 4) is 0 Å². The van der Waals surface area contributed by atoms with Crippen molar-refractivity contribution in [1.82, 2.24) is 4.98 Å². The SMILES string of the molecule is CCOC(=O)c1ncc(I)c(C(F)F)c1Cl. The van der Waals surface area contributed by atoms with Gasteiger partial charge in [-0.15, -0.1) is 0 Å². The summed E-state index contributed by atoms with van der Waals surface area (Å²) in [6.45, 7) is 1.74. The van der Waals surface area contributed by atoms with Crippen LogP contribution in [0.3, 0.4) is 0 Å². The Morgan fingerprint density at radius 1 is 1.69 bits per heavy atom. The number of nitrogens with zero attached hydrogens (tertiary/aromatic N) is 1. The van der Waals surface area contributed by atoms with Crippen LogP contribution < -0.4 is 0 Å². The molecule has 1 heterocycles. The van der Waals surface area contributed by atoms with Crippen LogP contribution in [0.5, 0.6) is 0 Å². The normalized spacial score (nSPS) is 10.6. The molecule has 0 atom stereocenters. The van der Waals surface area contributed by atoms with Crippen molar-refractivity contribution in [3.05, 3.63) is 26.0 Å². The Hall–Kier alpha value is -0.500. The quantitative estimate of drug-likeness (QED) is 0.611. The van der Waals surface area contributed by atoms with Gasteiger partial charge in [0.05, 0.1) is 17.2 Å². The number of pyridine rings is 1. The van der Waals surface area contributed by atoms with E-state index in [0.29, 0.717) is 0 Å². The number of esters is 1. The first-order valence-electron chi connectivity index (χ1n) is 4.28. The van der Waals surface area contributed by atoms with E-state index in [2.05, 4.69) is 9.72 Å². The van der Waals surface area contributed by atoms with E-state index in [-0.39, 0.29) is 26.5 Å². The summed E-state index contributed by atoms with van der Waals surface area (Å²) in [5.41, 5.74) is -0.667. The van der Waals surface area contributed by atoms with E-state index in [9.17, 15) is 13.6 Å². The summed E-state index contributed by atoms with van der Waals surface area (Å²) in [6, 6.07) is 0. The van der Waals surface area contributed by atoms with Crippen LogP contribution in [0.4, 0.5) is 8.78 Å². The average molecular weight is 362 g/mol. The third-order valence-electron chi connectivity index (χ3n) is 1.70. The lowest BCUT2D eigenvalue weighted by Crippen LogP contribution is -2.10. The van der Waals surface area contributed by atoms with Gasteiger partial charge < -0.3 is 4.74 Å². The van der Waals surface area contributed by atoms with Crippen molar-refractivity contribution in [2.45, 2.75) is 13.3 Å². The highest BCUT2D eigenvalue weighted by Gasteiger charge is 2.23. The molecule has 0 aromatic carbocycles. The van der Waals surface area contributed by atoms with Gasteiger partial charge in [0.25, 0.3) is 6.43 Å². The van der Waals surface area contributed by atoms with Crippen molar-refractivity contribution in [2.24, 2.45) is 0 Å². The molecule has 0 bridgehead atoms. The summed E-state index contributed by atoms with van der Waals surface area (Å²) < 4.78 is 30.2. The fourth-order valence-electron chi connectivity index (χ4n) is 1.02. The molecule has 0 saturated carbocycles. The van der Waals surface area contributed by atoms with Gasteiger partial charge in [-0.25, -0.2) is 18.6 Å². The molecular weight excluding hydrogens is 354 g/mol. The Balaban J connectivity index is 3.23. The molecule has 0 saturated heterocycles. The molecule has 0 spiro atoms. The van der Waals surface area contributed by atoms with E-state index in [4.69, 9.17) is 11.6 Å². The molecule has 0 unspecified atom stereocenters. The number of halogens is 4. The van der Waals surface area contributed by atoms with Crippen molar-refractivity contribution >= 4 is 40.2 Å². The van der Waals surface area contributed by atoms with E-state index in [1.54, 1.807) is 29.5 Å². The van der Waals surface area contributed by atoms with Gasteiger partial charge in [0.15, 0.2) is 5.69 Å². The monoisotopic (exact) mass is 361 g/mol. The minimum atomic E-state index is -2.75. The minimum absolute atomic E-state index is 0.132. The average Bonchev–Trinajstić information content (AvgIpc) is 2.17. The Kier molecular flexibility index (Phi) is 4.85. The molecule has 0 aliphatic carbocycles. The van der Waals surface area contributed by atoms with E-state index in [1.165, 1.54) is 6.20 Å². The van der Waals surface area contributed by atoms with Gasteiger partial charge in [0.2, 0.25) is 0 Å². The minimum Gasteiger partial charge on any atom is -0.461 e.